The number of hydrogen-bond acceptors (Lipinski definition) is 4. The third kappa shape index (κ3) is 6.50. The zero-order valence-corrected chi connectivity index (χ0v) is 21.3. The van der Waals surface area contributed by atoms with Crippen LogP contribution in [-0.2, 0) is 16.6 Å². The third-order valence-corrected chi connectivity index (χ3v) is 8.30. The number of halogens is 1. The summed E-state index contributed by atoms with van der Waals surface area (Å²) in [6.45, 7) is 8.59. The van der Waals surface area contributed by atoms with Crippen LogP contribution in [0.1, 0.15) is 32.8 Å². The minimum Gasteiger partial charge on any atom is -0.352 e. The van der Waals surface area contributed by atoms with Crippen LogP contribution in [-0.4, -0.2) is 67.8 Å². The Kier molecular flexibility index (Phi) is 10.6. The molecule has 0 saturated carbocycles. The summed E-state index contributed by atoms with van der Waals surface area (Å²) in [5.41, 5.74) is 1.03. The highest BCUT2D eigenvalue weighted by Gasteiger charge is 2.23. The van der Waals surface area contributed by atoms with Crippen molar-refractivity contribution in [3.63, 3.8) is 0 Å². The van der Waals surface area contributed by atoms with E-state index in [-0.39, 0.29) is 30.0 Å². The van der Waals surface area contributed by atoms with E-state index in [0.717, 1.165) is 30.4 Å². The van der Waals surface area contributed by atoms with Crippen LogP contribution in [0.15, 0.2) is 34.2 Å². The molecule has 1 heterocycles. The van der Waals surface area contributed by atoms with E-state index in [4.69, 9.17) is 0 Å². The van der Waals surface area contributed by atoms with Crippen LogP contribution in [0, 0.1) is 0 Å². The van der Waals surface area contributed by atoms with E-state index in [0.29, 0.717) is 16.7 Å². The van der Waals surface area contributed by atoms with Crippen LogP contribution in [0.2, 0.25) is 0 Å². The molecule has 9 heteroatoms. The summed E-state index contributed by atoms with van der Waals surface area (Å²) in [5, 5.41) is 4.06. The topological polar surface area (TPSA) is 65.0 Å². The van der Waals surface area contributed by atoms with E-state index in [1.165, 1.54) is 10.7 Å². The minimum absolute atomic E-state index is 0. The summed E-state index contributed by atoms with van der Waals surface area (Å²) in [7, 11) is -0.0195. The summed E-state index contributed by atoms with van der Waals surface area (Å²) >= 11 is 2.03. The van der Waals surface area contributed by atoms with Crippen molar-refractivity contribution in [3.05, 3.63) is 29.8 Å². The molecule has 2 rings (SSSR count). The second-order valence-corrected chi connectivity index (χ2v) is 10.4. The van der Waals surface area contributed by atoms with Gasteiger partial charge in [-0.05, 0) is 38.0 Å². The number of aliphatic imine (C=N–C) groups is 1. The van der Waals surface area contributed by atoms with Gasteiger partial charge in [-0.25, -0.2) is 8.42 Å². The van der Waals surface area contributed by atoms with Gasteiger partial charge in [0.05, 0.1) is 4.90 Å². The molecule has 0 aliphatic carbocycles. The van der Waals surface area contributed by atoms with Gasteiger partial charge in [0, 0.05) is 50.8 Å². The molecule has 1 N–H and O–H groups in total. The second-order valence-electron chi connectivity index (χ2n) is 7.01. The Hall–Kier alpha value is -0.520. The first-order valence-corrected chi connectivity index (χ1v) is 11.9. The molecule has 1 aliphatic heterocycles. The molecule has 28 heavy (non-hydrogen) atoms. The van der Waals surface area contributed by atoms with Crippen molar-refractivity contribution in [2.24, 2.45) is 4.99 Å². The summed E-state index contributed by atoms with van der Waals surface area (Å²) in [5.74, 6) is 2.03. The average Bonchev–Trinajstić information content (AvgIpc) is 2.68. The predicted molar refractivity (Wildman–Crippen MR) is 130 cm³/mol. The van der Waals surface area contributed by atoms with Gasteiger partial charge in [0.2, 0.25) is 10.0 Å². The molecule has 1 saturated heterocycles. The van der Waals surface area contributed by atoms with E-state index >= 15 is 0 Å². The normalized spacial score (nSPS) is 18.3. The van der Waals surface area contributed by atoms with Gasteiger partial charge in [-0.3, -0.25) is 4.99 Å². The molecule has 1 aromatic carbocycles. The minimum atomic E-state index is -3.44. The van der Waals surface area contributed by atoms with Crippen molar-refractivity contribution in [2.75, 3.05) is 32.9 Å². The fraction of sp³-hybridized carbons (Fsp3) is 0.632. The Labute approximate surface area is 191 Å². The van der Waals surface area contributed by atoms with E-state index in [2.05, 4.69) is 22.1 Å². The number of sulfonamides is 1. The van der Waals surface area contributed by atoms with Crippen LogP contribution in [0.4, 0.5) is 0 Å². The summed E-state index contributed by atoms with van der Waals surface area (Å²) in [4.78, 5) is 7.05. The molecule has 1 fully saturated rings. The van der Waals surface area contributed by atoms with E-state index in [1.54, 1.807) is 19.2 Å². The van der Waals surface area contributed by atoms with Gasteiger partial charge in [-0.2, -0.15) is 16.1 Å². The SMILES string of the molecule is CCC1CN(C(=NC)NCc2ccc(S(=O)(=O)N(C)C(C)C)cc2)CCS1.I. The van der Waals surface area contributed by atoms with Gasteiger partial charge in [0.25, 0.3) is 0 Å². The first-order valence-electron chi connectivity index (χ1n) is 9.43. The number of rotatable bonds is 6. The Balaban J connectivity index is 0.00000392. The second kappa shape index (κ2) is 11.6. The Bertz CT molecular complexity index is 739. The molecule has 6 nitrogen and oxygen atoms in total. The van der Waals surface area contributed by atoms with Crippen molar-refractivity contribution in [1.29, 1.82) is 0 Å². The number of benzene rings is 1. The highest BCUT2D eigenvalue weighted by molar-refractivity contribution is 14.0. The van der Waals surface area contributed by atoms with E-state index < -0.39 is 10.0 Å². The lowest BCUT2D eigenvalue weighted by molar-refractivity contribution is 0.408. The Morgan fingerprint density at radius 1 is 1.36 bits per heavy atom. The third-order valence-electron chi connectivity index (χ3n) is 4.88. The number of guanidine groups is 1. The van der Waals surface area contributed by atoms with Crippen LogP contribution in [0.25, 0.3) is 0 Å². The zero-order valence-electron chi connectivity index (χ0n) is 17.4. The lowest BCUT2D eigenvalue weighted by atomic mass is 10.2. The van der Waals surface area contributed by atoms with Crippen LogP contribution in [0.5, 0.6) is 0 Å². The molecular weight excluding hydrogens is 507 g/mol. The number of thioether (sulfide) groups is 1. The van der Waals surface area contributed by atoms with Crippen molar-refractivity contribution < 1.29 is 8.42 Å². The van der Waals surface area contributed by atoms with Gasteiger partial charge in [0.15, 0.2) is 5.96 Å². The zero-order chi connectivity index (χ0) is 20.0. The largest absolute Gasteiger partial charge is 0.352 e. The average molecular weight is 541 g/mol. The van der Waals surface area contributed by atoms with Gasteiger partial charge in [0.1, 0.15) is 0 Å². The lowest BCUT2D eigenvalue weighted by Gasteiger charge is -2.34. The van der Waals surface area contributed by atoms with Crippen molar-refractivity contribution >= 4 is 51.7 Å². The first-order chi connectivity index (χ1) is 12.8. The van der Waals surface area contributed by atoms with Gasteiger partial charge < -0.3 is 10.2 Å². The highest BCUT2D eigenvalue weighted by Crippen LogP contribution is 2.21. The Morgan fingerprint density at radius 3 is 2.54 bits per heavy atom. The highest BCUT2D eigenvalue weighted by atomic mass is 127. The molecule has 1 aromatic rings. The smallest absolute Gasteiger partial charge is 0.243 e. The van der Waals surface area contributed by atoms with Crippen LogP contribution >= 0.6 is 35.7 Å². The van der Waals surface area contributed by atoms with Gasteiger partial charge in [-0.1, -0.05) is 19.1 Å². The Morgan fingerprint density at radius 2 is 2.00 bits per heavy atom. The predicted octanol–water partition coefficient (Wildman–Crippen LogP) is 3.24. The van der Waals surface area contributed by atoms with E-state index in [9.17, 15) is 8.42 Å². The lowest BCUT2D eigenvalue weighted by Crippen LogP contribution is -2.47. The van der Waals surface area contributed by atoms with Crippen molar-refractivity contribution in [2.45, 2.75) is 49.9 Å². The maximum atomic E-state index is 12.5. The molecular formula is C19H33IN4O2S2. The number of nitrogens with zero attached hydrogens (tertiary/aromatic N) is 3. The van der Waals surface area contributed by atoms with Gasteiger partial charge in [-0.15, -0.1) is 24.0 Å². The molecule has 0 radical (unpaired) electrons. The molecule has 0 aromatic heterocycles. The quantitative estimate of drug-likeness (QED) is 0.341. The maximum absolute atomic E-state index is 12.5. The molecule has 0 spiro atoms. The molecule has 160 valence electrons. The van der Waals surface area contributed by atoms with E-state index in [1.807, 2.05) is 44.8 Å². The molecule has 0 amide bonds. The van der Waals surface area contributed by atoms with Crippen molar-refractivity contribution in [3.8, 4) is 0 Å². The monoisotopic (exact) mass is 540 g/mol. The molecule has 1 unspecified atom stereocenters. The molecule has 1 aliphatic rings. The standard InChI is InChI=1S/C19H32N4O2S2.HI/c1-6-17-14-23(11-12-26-17)19(20-4)21-13-16-7-9-18(10-8-16)27(24,25)22(5)15(2)3;/h7-10,15,17H,6,11-14H2,1-5H3,(H,20,21);1H. The maximum Gasteiger partial charge on any atom is 0.243 e. The number of nitrogens with one attached hydrogen (secondary N) is 1. The fourth-order valence-electron chi connectivity index (χ4n) is 2.90. The van der Waals surface area contributed by atoms with Gasteiger partial charge >= 0.3 is 0 Å². The summed E-state index contributed by atoms with van der Waals surface area (Å²) < 4.78 is 26.5. The van der Waals surface area contributed by atoms with Crippen LogP contribution < -0.4 is 5.32 Å². The van der Waals surface area contributed by atoms with Crippen molar-refractivity contribution in [1.82, 2.24) is 14.5 Å². The number of hydrogen-bond donors (Lipinski definition) is 1. The molecule has 0 bridgehead atoms. The first kappa shape index (κ1) is 25.5. The molecule has 1 atom stereocenters. The van der Waals surface area contributed by atoms with Crippen LogP contribution in [0.3, 0.4) is 0 Å². The summed E-state index contributed by atoms with van der Waals surface area (Å²) in [6.07, 6.45) is 1.17. The fourth-order valence-corrected chi connectivity index (χ4v) is 5.44. The summed E-state index contributed by atoms with van der Waals surface area (Å²) in [6, 6.07) is 7.01.